The summed E-state index contributed by atoms with van der Waals surface area (Å²) >= 11 is 2.90. The van der Waals surface area contributed by atoms with Crippen LogP contribution in [0.4, 0.5) is 0 Å². The Morgan fingerprint density at radius 1 is 1.43 bits per heavy atom. The van der Waals surface area contributed by atoms with Crippen LogP contribution < -0.4 is 4.74 Å². The summed E-state index contributed by atoms with van der Waals surface area (Å²) in [6.45, 7) is 0.428. The van der Waals surface area contributed by atoms with Crippen molar-refractivity contribution in [2.45, 2.75) is 13.2 Å². The highest BCUT2D eigenvalue weighted by Gasteiger charge is 2.04. The third-order valence-corrected chi connectivity index (χ3v) is 3.17. The number of aromatic nitrogens is 2. The van der Waals surface area contributed by atoms with Crippen LogP contribution in [0.1, 0.15) is 9.88 Å². The van der Waals surface area contributed by atoms with E-state index >= 15 is 0 Å². The standard InChI is InChI=1S/C8H8N2O2S2/c11-4-7-9-10-8(14-7)12-5-6-2-1-3-13-6/h1-3,11H,4-5H2. The van der Waals surface area contributed by atoms with Crippen LogP contribution in [0, 0.1) is 0 Å². The quantitative estimate of drug-likeness (QED) is 0.865. The second-order valence-corrected chi connectivity index (χ2v) is 4.54. The van der Waals surface area contributed by atoms with Crippen LogP contribution in [-0.4, -0.2) is 15.3 Å². The van der Waals surface area contributed by atoms with E-state index in [0.717, 1.165) is 4.88 Å². The molecule has 0 atom stereocenters. The average molecular weight is 228 g/mol. The molecule has 14 heavy (non-hydrogen) atoms. The third kappa shape index (κ3) is 2.28. The minimum atomic E-state index is -0.0833. The molecular weight excluding hydrogens is 220 g/mol. The summed E-state index contributed by atoms with van der Waals surface area (Å²) in [5, 5.41) is 19.3. The van der Waals surface area contributed by atoms with E-state index < -0.39 is 0 Å². The molecule has 0 aromatic carbocycles. The SMILES string of the molecule is OCc1nnc(OCc2cccs2)s1. The molecule has 0 aliphatic carbocycles. The minimum absolute atomic E-state index is 0.0833. The number of nitrogens with zero attached hydrogens (tertiary/aromatic N) is 2. The van der Waals surface area contributed by atoms with E-state index in [1.807, 2.05) is 17.5 Å². The van der Waals surface area contributed by atoms with Crippen LogP contribution in [0.2, 0.25) is 0 Å². The number of ether oxygens (including phenoxy) is 1. The van der Waals surface area contributed by atoms with Gasteiger partial charge in [0.25, 0.3) is 5.19 Å². The number of thiophene rings is 1. The molecule has 2 rings (SSSR count). The lowest BCUT2D eigenvalue weighted by Crippen LogP contribution is -1.91. The van der Waals surface area contributed by atoms with E-state index in [9.17, 15) is 0 Å². The summed E-state index contributed by atoms with van der Waals surface area (Å²) in [5.41, 5.74) is 0. The number of rotatable bonds is 4. The predicted octanol–water partition coefficient (Wildman–Crippen LogP) is 1.67. The largest absolute Gasteiger partial charge is 0.463 e. The molecule has 2 aromatic heterocycles. The minimum Gasteiger partial charge on any atom is -0.463 e. The van der Waals surface area contributed by atoms with Gasteiger partial charge < -0.3 is 9.84 Å². The molecule has 74 valence electrons. The van der Waals surface area contributed by atoms with Crippen molar-refractivity contribution in [3.05, 3.63) is 27.4 Å². The second-order valence-electron chi connectivity index (χ2n) is 2.49. The van der Waals surface area contributed by atoms with E-state index in [1.54, 1.807) is 11.3 Å². The van der Waals surface area contributed by atoms with Crippen molar-refractivity contribution in [1.82, 2.24) is 10.2 Å². The maximum absolute atomic E-state index is 8.76. The van der Waals surface area contributed by atoms with Crippen LogP contribution in [0.25, 0.3) is 0 Å². The zero-order chi connectivity index (χ0) is 9.80. The van der Waals surface area contributed by atoms with Gasteiger partial charge in [-0.1, -0.05) is 22.5 Å². The topological polar surface area (TPSA) is 55.2 Å². The van der Waals surface area contributed by atoms with Crippen molar-refractivity contribution in [1.29, 1.82) is 0 Å². The van der Waals surface area contributed by atoms with Gasteiger partial charge in [-0.05, 0) is 11.4 Å². The predicted molar refractivity (Wildman–Crippen MR) is 54.5 cm³/mol. The first-order chi connectivity index (χ1) is 6.88. The molecule has 0 spiro atoms. The smallest absolute Gasteiger partial charge is 0.294 e. The Balaban J connectivity index is 1.92. The van der Waals surface area contributed by atoms with Crippen molar-refractivity contribution < 1.29 is 9.84 Å². The van der Waals surface area contributed by atoms with Crippen LogP contribution in [0.3, 0.4) is 0 Å². The Labute approximate surface area is 88.8 Å². The Hall–Kier alpha value is -0.980. The lowest BCUT2D eigenvalue weighted by molar-refractivity contribution is 0.280. The van der Waals surface area contributed by atoms with Gasteiger partial charge in [-0.3, -0.25) is 0 Å². The fourth-order valence-corrected chi connectivity index (χ4v) is 2.05. The summed E-state index contributed by atoms with van der Waals surface area (Å²) in [5.74, 6) is 0. The fourth-order valence-electron chi connectivity index (χ4n) is 0.888. The van der Waals surface area contributed by atoms with Gasteiger partial charge in [0.15, 0.2) is 0 Å². The molecule has 0 amide bonds. The molecule has 0 aliphatic rings. The molecule has 1 N–H and O–H groups in total. The number of aliphatic hydroxyl groups is 1. The summed E-state index contributed by atoms with van der Waals surface area (Å²) in [6.07, 6.45) is 0. The molecular formula is C8H8N2O2S2. The van der Waals surface area contributed by atoms with Crippen LogP contribution in [0.15, 0.2) is 17.5 Å². The van der Waals surface area contributed by atoms with Crippen molar-refractivity contribution >= 4 is 22.7 Å². The van der Waals surface area contributed by atoms with Crippen molar-refractivity contribution in [3.8, 4) is 5.19 Å². The molecule has 0 radical (unpaired) electrons. The first-order valence-corrected chi connectivity index (χ1v) is 5.66. The zero-order valence-electron chi connectivity index (χ0n) is 7.21. The van der Waals surface area contributed by atoms with Crippen molar-refractivity contribution in [3.63, 3.8) is 0 Å². The molecule has 4 nitrogen and oxygen atoms in total. The second kappa shape index (κ2) is 4.50. The van der Waals surface area contributed by atoms with Gasteiger partial charge >= 0.3 is 0 Å². The number of hydrogen-bond acceptors (Lipinski definition) is 6. The van der Waals surface area contributed by atoms with Crippen LogP contribution in [-0.2, 0) is 13.2 Å². The summed E-state index contributed by atoms with van der Waals surface area (Å²) in [4.78, 5) is 1.14. The molecule has 0 saturated carbocycles. The maximum Gasteiger partial charge on any atom is 0.294 e. The Bertz CT molecular complexity index is 386. The van der Waals surface area contributed by atoms with Gasteiger partial charge in [-0.25, -0.2) is 0 Å². The highest BCUT2D eigenvalue weighted by molar-refractivity contribution is 7.13. The van der Waals surface area contributed by atoms with Gasteiger partial charge in [-0.2, -0.15) is 0 Å². The molecule has 2 aromatic rings. The molecule has 0 saturated heterocycles. The first-order valence-electron chi connectivity index (χ1n) is 3.97. The van der Waals surface area contributed by atoms with Crippen molar-refractivity contribution in [2.24, 2.45) is 0 Å². The van der Waals surface area contributed by atoms with E-state index in [-0.39, 0.29) is 6.61 Å². The lowest BCUT2D eigenvalue weighted by Gasteiger charge is -1.96. The van der Waals surface area contributed by atoms with E-state index in [4.69, 9.17) is 9.84 Å². The lowest BCUT2D eigenvalue weighted by atomic mass is 10.5. The van der Waals surface area contributed by atoms with Crippen LogP contribution >= 0.6 is 22.7 Å². The third-order valence-electron chi connectivity index (χ3n) is 1.50. The normalized spacial score (nSPS) is 10.4. The molecule has 0 aliphatic heterocycles. The molecule has 6 heteroatoms. The first kappa shape index (κ1) is 9.57. The molecule has 0 bridgehead atoms. The van der Waals surface area contributed by atoms with Gasteiger partial charge in [-0.15, -0.1) is 16.4 Å². The summed E-state index contributed by atoms with van der Waals surface area (Å²) in [7, 11) is 0. The van der Waals surface area contributed by atoms with Gasteiger partial charge in [0, 0.05) is 4.88 Å². The van der Waals surface area contributed by atoms with E-state index in [2.05, 4.69) is 10.2 Å². The highest BCUT2D eigenvalue weighted by atomic mass is 32.1. The maximum atomic E-state index is 8.76. The summed E-state index contributed by atoms with van der Waals surface area (Å²) in [6, 6.07) is 3.97. The molecule has 0 fully saturated rings. The van der Waals surface area contributed by atoms with Crippen molar-refractivity contribution in [2.75, 3.05) is 0 Å². The Morgan fingerprint density at radius 3 is 3.00 bits per heavy atom. The number of hydrogen-bond donors (Lipinski definition) is 1. The monoisotopic (exact) mass is 228 g/mol. The molecule has 0 unspecified atom stereocenters. The Kier molecular flexibility index (Phi) is 3.07. The van der Waals surface area contributed by atoms with E-state index in [1.165, 1.54) is 11.3 Å². The fraction of sp³-hybridized carbons (Fsp3) is 0.250. The van der Waals surface area contributed by atoms with E-state index in [0.29, 0.717) is 16.8 Å². The van der Waals surface area contributed by atoms with Crippen LogP contribution in [0.5, 0.6) is 5.19 Å². The number of aliphatic hydroxyl groups excluding tert-OH is 1. The zero-order valence-corrected chi connectivity index (χ0v) is 8.85. The van der Waals surface area contributed by atoms with Gasteiger partial charge in [0.2, 0.25) is 0 Å². The van der Waals surface area contributed by atoms with Gasteiger partial charge in [0.05, 0.1) is 6.61 Å². The highest BCUT2D eigenvalue weighted by Crippen LogP contribution is 2.19. The Morgan fingerprint density at radius 2 is 2.36 bits per heavy atom. The molecule has 2 heterocycles. The van der Waals surface area contributed by atoms with Gasteiger partial charge in [0.1, 0.15) is 11.6 Å². The summed E-state index contributed by atoms with van der Waals surface area (Å²) < 4.78 is 5.38. The average Bonchev–Trinajstić information content (AvgIpc) is 2.86.